The molecular formula is C15H22N2O3. The number of morpholine rings is 1. The lowest BCUT2D eigenvalue weighted by Crippen LogP contribution is -2.51. The highest BCUT2D eigenvalue weighted by Crippen LogP contribution is 2.14. The van der Waals surface area contributed by atoms with Gasteiger partial charge in [0.2, 0.25) is 5.91 Å². The second-order valence-electron chi connectivity index (χ2n) is 5.13. The molecule has 2 unspecified atom stereocenters. The minimum absolute atomic E-state index is 0.0633. The molecule has 1 aliphatic heterocycles. The zero-order valence-electron chi connectivity index (χ0n) is 12.0. The lowest BCUT2D eigenvalue weighted by Gasteiger charge is -2.34. The molecule has 20 heavy (non-hydrogen) atoms. The van der Waals surface area contributed by atoms with Crippen molar-refractivity contribution in [3.63, 3.8) is 0 Å². The van der Waals surface area contributed by atoms with Gasteiger partial charge < -0.3 is 20.1 Å². The fourth-order valence-corrected chi connectivity index (χ4v) is 2.25. The summed E-state index contributed by atoms with van der Waals surface area (Å²) in [6.45, 7) is 3.67. The van der Waals surface area contributed by atoms with Crippen LogP contribution in [-0.4, -0.2) is 49.8 Å². The summed E-state index contributed by atoms with van der Waals surface area (Å²) in [6, 6.07) is 7.51. The number of hydrogen-bond donors (Lipinski definition) is 1. The van der Waals surface area contributed by atoms with E-state index in [4.69, 9.17) is 15.2 Å². The summed E-state index contributed by atoms with van der Waals surface area (Å²) in [6.07, 6.45) is 0.332. The molecule has 5 heteroatoms. The molecule has 0 radical (unpaired) electrons. The van der Waals surface area contributed by atoms with E-state index >= 15 is 0 Å². The topological polar surface area (TPSA) is 64.8 Å². The summed E-state index contributed by atoms with van der Waals surface area (Å²) >= 11 is 0. The molecule has 0 spiro atoms. The lowest BCUT2D eigenvalue weighted by molar-refractivity contribution is -0.138. The maximum atomic E-state index is 12.3. The summed E-state index contributed by atoms with van der Waals surface area (Å²) in [4.78, 5) is 14.1. The van der Waals surface area contributed by atoms with Gasteiger partial charge in [-0.2, -0.15) is 0 Å². The van der Waals surface area contributed by atoms with E-state index in [2.05, 4.69) is 0 Å². The lowest BCUT2D eigenvalue weighted by atomic mass is 10.1. The van der Waals surface area contributed by atoms with Gasteiger partial charge in [-0.15, -0.1) is 0 Å². The molecule has 0 aliphatic carbocycles. The van der Waals surface area contributed by atoms with E-state index in [-0.39, 0.29) is 18.1 Å². The first-order valence-electron chi connectivity index (χ1n) is 6.88. The van der Waals surface area contributed by atoms with Gasteiger partial charge in [0.25, 0.3) is 0 Å². The first kappa shape index (κ1) is 14.8. The van der Waals surface area contributed by atoms with Crippen LogP contribution in [0.1, 0.15) is 12.5 Å². The predicted molar refractivity (Wildman–Crippen MR) is 76.7 cm³/mol. The quantitative estimate of drug-likeness (QED) is 0.885. The highest BCUT2D eigenvalue weighted by Gasteiger charge is 2.26. The minimum atomic E-state index is -0.0661. The maximum absolute atomic E-state index is 12.3. The van der Waals surface area contributed by atoms with Crippen LogP contribution in [0.5, 0.6) is 5.75 Å². The highest BCUT2D eigenvalue weighted by molar-refractivity contribution is 5.79. The Morgan fingerprint density at radius 2 is 2.20 bits per heavy atom. The molecule has 2 atom stereocenters. The van der Waals surface area contributed by atoms with E-state index in [1.165, 1.54) is 0 Å². The molecular weight excluding hydrogens is 256 g/mol. The van der Waals surface area contributed by atoms with Crippen LogP contribution in [0.25, 0.3) is 0 Å². The molecule has 110 valence electrons. The monoisotopic (exact) mass is 278 g/mol. The van der Waals surface area contributed by atoms with E-state index in [0.29, 0.717) is 26.1 Å². The van der Waals surface area contributed by atoms with Gasteiger partial charge in [0.1, 0.15) is 5.75 Å². The minimum Gasteiger partial charge on any atom is -0.497 e. The van der Waals surface area contributed by atoms with E-state index in [0.717, 1.165) is 11.3 Å². The van der Waals surface area contributed by atoms with Gasteiger partial charge in [0.05, 0.1) is 26.2 Å². The zero-order valence-corrected chi connectivity index (χ0v) is 12.0. The number of amides is 1. The Morgan fingerprint density at radius 1 is 1.50 bits per heavy atom. The first-order valence-corrected chi connectivity index (χ1v) is 6.88. The molecule has 2 rings (SSSR count). The highest BCUT2D eigenvalue weighted by atomic mass is 16.5. The van der Waals surface area contributed by atoms with Gasteiger partial charge in [-0.3, -0.25) is 4.79 Å². The van der Waals surface area contributed by atoms with Crippen LogP contribution in [0.3, 0.4) is 0 Å². The molecule has 5 nitrogen and oxygen atoms in total. The smallest absolute Gasteiger partial charge is 0.227 e. The fraction of sp³-hybridized carbons (Fsp3) is 0.533. The molecule has 1 aromatic carbocycles. The molecule has 1 saturated heterocycles. The Labute approximate surface area is 119 Å². The molecule has 0 aromatic heterocycles. The van der Waals surface area contributed by atoms with Crippen LogP contribution in [0, 0.1) is 0 Å². The Balaban J connectivity index is 1.93. The molecule has 1 aliphatic rings. The average molecular weight is 278 g/mol. The number of ether oxygens (including phenoxy) is 2. The second-order valence-corrected chi connectivity index (χ2v) is 5.13. The summed E-state index contributed by atoms with van der Waals surface area (Å²) in [7, 11) is 1.63. The van der Waals surface area contributed by atoms with E-state index in [1.54, 1.807) is 7.11 Å². The number of hydrogen-bond acceptors (Lipinski definition) is 4. The van der Waals surface area contributed by atoms with Crippen LogP contribution in [0.2, 0.25) is 0 Å². The summed E-state index contributed by atoms with van der Waals surface area (Å²) in [5.41, 5.74) is 6.82. The van der Waals surface area contributed by atoms with Crippen molar-refractivity contribution in [2.75, 3.05) is 26.8 Å². The van der Waals surface area contributed by atoms with Crippen LogP contribution in [-0.2, 0) is 16.0 Å². The van der Waals surface area contributed by atoms with Crippen LogP contribution >= 0.6 is 0 Å². The normalized spacial score (nSPS) is 20.6. The molecule has 1 amide bonds. The molecule has 2 N–H and O–H groups in total. The molecule has 0 saturated carbocycles. The number of carbonyl (C=O) groups is 1. The van der Waals surface area contributed by atoms with Crippen LogP contribution < -0.4 is 10.5 Å². The predicted octanol–water partition coefficient (Wildman–Crippen LogP) is 0.812. The van der Waals surface area contributed by atoms with Crippen molar-refractivity contribution in [2.45, 2.75) is 25.5 Å². The van der Waals surface area contributed by atoms with E-state index in [9.17, 15) is 4.79 Å². The number of benzene rings is 1. The maximum Gasteiger partial charge on any atom is 0.227 e. The largest absolute Gasteiger partial charge is 0.497 e. The van der Waals surface area contributed by atoms with Crippen molar-refractivity contribution in [3.8, 4) is 5.75 Å². The Bertz CT molecular complexity index is 445. The standard InChI is InChI=1S/C15H22N2O3/c1-11(16)14-10-17(7-8-20-14)15(18)9-12-3-5-13(19-2)6-4-12/h3-6,11,14H,7-10,16H2,1-2H3. The fourth-order valence-electron chi connectivity index (χ4n) is 2.25. The van der Waals surface area contributed by atoms with Gasteiger partial charge in [-0.05, 0) is 24.6 Å². The summed E-state index contributed by atoms with van der Waals surface area (Å²) in [5.74, 6) is 0.911. The van der Waals surface area contributed by atoms with Gasteiger partial charge in [0, 0.05) is 19.1 Å². The number of nitrogens with zero attached hydrogens (tertiary/aromatic N) is 1. The van der Waals surface area contributed by atoms with Gasteiger partial charge in [0.15, 0.2) is 0 Å². The SMILES string of the molecule is COc1ccc(CC(=O)N2CCOC(C(C)N)C2)cc1. The average Bonchev–Trinajstić information content (AvgIpc) is 2.48. The molecule has 1 heterocycles. The number of rotatable bonds is 4. The second kappa shape index (κ2) is 6.72. The number of carbonyl (C=O) groups excluding carboxylic acids is 1. The Kier molecular flexibility index (Phi) is 4.98. The third kappa shape index (κ3) is 3.71. The van der Waals surface area contributed by atoms with E-state index in [1.807, 2.05) is 36.1 Å². The van der Waals surface area contributed by atoms with Crippen molar-refractivity contribution in [1.29, 1.82) is 0 Å². The molecule has 1 fully saturated rings. The van der Waals surface area contributed by atoms with Crippen molar-refractivity contribution in [1.82, 2.24) is 4.90 Å². The molecule has 1 aromatic rings. The van der Waals surface area contributed by atoms with Crippen molar-refractivity contribution < 1.29 is 14.3 Å². The zero-order chi connectivity index (χ0) is 14.5. The van der Waals surface area contributed by atoms with Gasteiger partial charge in [-0.25, -0.2) is 0 Å². The van der Waals surface area contributed by atoms with Crippen molar-refractivity contribution in [3.05, 3.63) is 29.8 Å². The summed E-state index contributed by atoms with van der Waals surface area (Å²) in [5, 5.41) is 0. The Hall–Kier alpha value is -1.59. The van der Waals surface area contributed by atoms with Gasteiger partial charge >= 0.3 is 0 Å². The first-order chi connectivity index (χ1) is 9.60. The van der Waals surface area contributed by atoms with Crippen LogP contribution in [0.15, 0.2) is 24.3 Å². The third-order valence-electron chi connectivity index (χ3n) is 3.55. The van der Waals surface area contributed by atoms with E-state index < -0.39 is 0 Å². The third-order valence-corrected chi connectivity index (χ3v) is 3.55. The van der Waals surface area contributed by atoms with Crippen LogP contribution in [0.4, 0.5) is 0 Å². The van der Waals surface area contributed by atoms with Crippen molar-refractivity contribution >= 4 is 5.91 Å². The number of nitrogens with two attached hydrogens (primary N) is 1. The van der Waals surface area contributed by atoms with Gasteiger partial charge in [-0.1, -0.05) is 12.1 Å². The van der Waals surface area contributed by atoms with Crippen molar-refractivity contribution in [2.24, 2.45) is 5.73 Å². The Morgan fingerprint density at radius 3 is 2.80 bits per heavy atom. The summed E-state index contributed by atoms with van der Waals surface area (Å²) < 4.78 is 10.7. The number of methoxy groups -OCH3 is 1. The molecule has 0 bridgehead atoms.